The third-order valence-electron chi connectivity index (χ3n) is 4.09. The number of benzene rings is 2. The molecule has 2 rings (SSSR count). The van der Waals surface area contributed by atoms with E-state index in [0.717, 1.165) is 40.2 Å². The van der Waals surface area contributed by atoms with Gasteiger partial charge in [-0.15, -0.1) is 0 Å². The quantitative estimate of drug-likeness (QED) is 0.704. The van der Waals surface area contributed by atoms with Crippen molar-refractivity contribution in [2.24, 2.45) is 0 Å². The smallest absolute Gasteiger partial charge is 0.245 e. The first-order chi connectivity index (χ1) is 12.7. The maximum absolute atomic E-state index is 12.7. The monoisotopic (exact) mass is 428 g/mol. The minimum atomic E-state index is -3.71. The molecule has 0 aliphatic heterocycles. The molecule has 2 aromatic carbocycles. The van der Waals surface area contributed by atoms with Gasteiger partial charge < -0.3 is 5.32 Å². The predicted octanol–water partition coefficient (Wildman–Crippen LogP) is 4.52. The van der Waals surface area contributed by atoms with E-state index < -0.39 is 15.9 Å². The van der Waals surface area contributed by atoms with E-state index in [2.05, 4.69) is 5.32 Å². The number of hydrogen-bond acceptors (Lipinski definition) is 3. The molecule has 0 aromatic heterocycles. The maximum Gasteiger partial charge on any atom is 0.245 e. The van der Waals surface area contributed by atoms with Crippen molar-refractivity contribution in [3.63, 3.8) is 0 Å². The highest BCUT2D eigenvalue weighted by Gasteiger charge is 2.22. The van der Waals surface area contributed by atoms with Crippen molar-refractivity contribution < 1.29 is 13.2 Å². The number of sulfonamides is 1. The van der Waals surface area contributed by atoms with Crippen LogP contribution in [0.3, 0.4) is 0 Å². The topological polar surface area (TPSA) is 66.5 Å². The average molecular weight is 429 g/mol. The fourth-order valence-electron chi connectivity index (χ4n) is 2.80. The van der Waals surface area contributed by atoms with E-state index in [0.29, 0.717) is 0 Å². The number of nitrogens with zero attached hydrogens (tertiary/aromatic N) is 1. The molecule has 146 valence electrons. The summed E-state index contributed by atoms with van der Waals surface area (Å²) in [6.45, 7) is 3.62. The third kappa shape index (κ3) is 5.61. The Hall–Kier alpha value is -1.76. The first-order valence-electron chi connectivity index (χ1n) is 8.50. The van der Waals surface area contributed by atoms with E-state index in [4.69, 9.17) is 23.2 Å². The van der Waals surface area contributed by atoms with Crippen LogP contribution >= 0.6 is 23.2 Å². The molecular weight excluding hydrogens is 407 g/mol. The summed E-state index contributed by atoms with van der Waals surface area (Å²) in [4.78, 5) is 12.7. The third-order valence-corrected chi connectivity index (χ3v) is 5.66. The molecule has 0 bridgehead atoms. The molecule has 0 heterocycles. The zero-order valence-corrected chi connectivity index (χ0v) is 17.7. The van der Waals surface area contributed by atoms with E-state index in [9.17, 15) is 13.2 Å². The largest absolute Gasteiger partial charge is 0.324 e. The van der Waals surface area contributed by atoms with Crippen LogP contribution in [0.4, 0.5) is 11.4 Å². The summed E-state index contributed by atoms with van der Waals surface area (Å²) >= 11 is 12.0. The molecule has 1 amide bonds. The molecule has 5 nitrogen and oxygen atoms in total. The zero-order chi connectivity index (χ0) is 20.2. The first kappa shape index (κ1) is 21.5. The van der Waals surface area contributed by atoms with Crippen LogP contribution in [-0.4, -0.2) is 27.1 Å². The number of carbonyl (C=O) groups is 1. The summed E-state index contributed by atoms with van der Waals surface area (Å²) < 4.78 is 25.5. The van der Waals surface area contributed by atoms with Gasteiger partial charge in [-0.05, 0) is 42.2 Å². The van der Waals surface area contributed by atoms with Crippen LogP contribution < -0.4 is 9.62 Å². The summed E-state index contributed by atoms with van der Waals surface area (Å²) in [7, 11) is -3.71. The molecule has 0 aliphatic carbocycles. The Kier molecular flexibility index (Phi) is 7.14. The highest BCUT2D eigenvalue weighted by Crippen LogP contribution is 2.27. The van der Waals surface area contributed by atoms with Crippen molar-refractivity contribution >= 4 is 50.5 Å². The maximum atomic E-state index is 12.7. The Labute approximate surface area is 170 Å². The number of carbonyl (C=O) groups excluding carboxylic acids is 1. The molecule has 0 saturated heterocycles. The first-order valence-corrected chi connectivity index (χ1v) is 11.1. The minimum absolute atomic E-state index is 0.240. The molecule has 8 heteroatoms. The fourth-order valence-corrected chi connectivity index (χ4v) is 4.15. The predicted molar refractivity (Wildman–Crippen MR) is 112 cm³/mol. The van der Waals surface area contributed by atoms with Crippen molar-refractivity contribution in [1.29, 1.82) is 0 Å². The number of para-hydroxylation sites is 1. The van der Waals surface area contributed by atoms with Crippen molar-refractivity contribution in [3.8, 4) is 0 Å². The zero-order valence-electron chi connectivity index (χ0n) is 15.4. The van der Waals surface area contributed by atoms with Crippen LogP contribution in [0, 0.1) is 0 Å². The Balaban J connectivity index is 2.33. The molecule has 0 atom stereocenters. The Morgan fingerprint density at radius 1 is 1.04 bits per heavy atom. The second kappa shape index (κ2) is 8.95. The second-order valence-corrected chi connectivity index (χ2v) is 8.88. The van der Waals surface area contributed by atoms with Gasteiger partial charge >= 0.3 is 0 Å². The van der Waals surface area contributed by atoms with Crippen LogP contribution in [0.5, 0.6) is 0 Å². The number of nitrogens with one attached hydrogen (secondary N) is 1. The van der Waals surface area contributed by atoms with Gasteiger partial charge in [0.2, 0.25) is 15.9 Å². The van der Waals surface area contributed by atoms with Crippen molar-refractivity contribution in [2.45, 2.75) is 26.7 Å². The van der Waals surface area contributed by atoms with E-state index in [1.54, 1.807) is 0 Å². The van der Waals surface area contributed by atoms with E-state index in [1.165, 1.54) is 18.2 Å². The Morgan fingerprint density at radius 2 is 1.56 bits per heavy atom. The number of rotatable bonds is 7. The molecule has 0 unspecified atom stereocenters. The number of anilines is 2. The van der Waals surface area contributed by atoms with Gasteiger partial charge in [0.05, 0.1) is 11.9 Å². The molecule has 27 heavy (non-hydrogen) atoms. The number of hydrogen-bond donors (Lipinski definition) is 1. The van der Waals surface area contributed by atoms with Gasteiger partial charge in [0.15, 0.2) is 0 Å². The molecule has 0 fully saturated rings. The lowest BCUT2D eigenvalue weighted by molar-refractivity contribution is -0.114. The van der Waals surface area contributed by atoms with Crippen molar-refractivity contribution in [1.82, 2.24) is 0 Å². The average Bonchev–Trinajstić information content (AvgIpc) is 2.58. The van der Waals surface area contributed by atoms with Gasteiger partial charge in [-0.1, -0.05) is 55.2 Å². The van der Waals surface area contributed by atoms with E-state index in [-0.39, 0.29) is 22.3 Å². The van der Waals surface area contributed by atoms with Gasteiger partial charge in [-0.3, -0.25) is 9.10 Å². The highest BCUT2D eigenvalue weighted by molar-refractivity contribution is 7.92. The molecule has 0 radical (unpaired) electrons. The SMILES string of the molecule is CCc1cccc(CC)c1NC(=O)CN(c1cc(Cl)cc(Cl)c1)S(C)(=O)=O. The van der Waals surface area contributed by atoms with Crippen molar-refractivity contribution in [3.05, 3.63) is 57.6 Å². The number of aryl methyl sites for hydroxylation is 2. The fraction of sp³-hybridized carbons (Fsp3) is 0.316. The summed E-state index contributed by atoms with van der Waals surface area (Å²) in [5.41, 5.74) is 2.98. The van der Waals surface area contributed by atoms with Crippen LogP contribution in [0.2, 0.25) is 10.0 Å². The lowest BCUT2D eigenvalue weighted by Crippen LogP contribution is -2.37. The van der Waals surface area contributed by atoms with Gasteiger partial charge in [-0.2, -0.15) is 0 Å². The normalized spacial score (nSPS) is 11.3. The van der Waals surface area contributed by atoms with Crippen LogP contribution in [-0.2, 0) is 27.7 Å². The second-order valence-electron chi connectivity index (χ2n) is 6.10. The molecule has 0 aliphatic rings. The lowest BCUT2D eigenvalue weighted by atomic mass is 10.0. The molecular formula is C19H22Cl2N2O3S. The van der Waals surface area contributed by atoms with E-state index in [1.807, 2.05) is 32.0 Å². The Bertz CT molecular complexity index is 903. The molecule has 1 N–H and O–H groups in total. The van der Waals surface area contributed by atoms with E-state index >= 15 is 0 Å². The van der Waals surface area contributed by atoms with Gasteiger partial charge in [-0.25, -0.2) is 8.42 Å². The summed E-state index contributed by atoms with van der Waals surface area (Å²) in [6, 6.07) is 10.3. The molecule has 2 aromatic rings. The van der Waals surface area contributed by atoms with Crippen molar-refractivity contribution in [2.75, 3.05) is 22.4 Å². The summed E-state index contributed by atoms with van der Waals surface area (Å²) in [5.74, 6) is -0.438. The summed E-state index contributed by atoms with van der Waals surface area (Å²) in [5, 5.41) is 3.45. The molecule has 0 spiro atoms. The van der Waals surface area contributed by atoms with Gasteiger partial charge in [0, 0.05) is 15.7 Å². The molecule has 0 saturated carbocycles. The number of halogens is 2. The minimum Gasteiger partial charge on any atom is -0.324 e. The van der Waals surface area contributed by atoms with Crippen LogP contribution in [0.15, 0.2) is 36.4 Å². The van der Waals surface area contributed by atoms with Crippen LogP contribution in [0.25, 0.3) is 0 Å². The summed E-state index contributed by atoms with van der Waals surface area (Å²) in [6.07, 6.45) is 2.54. The van der Waals surface area contributed by atoms with Crippen LogP contribution in [0.1, 0.15) is 25.0 Å². The van der Waals surface area contributed by atoms with Gasteiger partial charge in [0.1, 0.15) is 6.54 Å². The lowest BCUT2D eigenvalue weighted by Gasteiger charge is -2.23. The highest BCUT2D eigenvalue weighted by atomic mass is 35.5. The standard InChI is InChI=1S/C19H22Cl2N2O3S/c1-4-13-7-6-8-14(5-2)19(13)22-18(24)12-23(27(3,25)26)17-10-15(20)9-16(21)11-17/h6-11H,4-5,12H2,1-3H3,(H,22,24). The number of amides is 1. The van der Waals surface area contributed by atoms with Gasteiger partial charge in [0.25, 0.3) is 0 Å². The Morgan fingerprint density at radius 3 is 2.00 bits per heavy atom.